The van der Waals surface area contributed by atoms with Crippen LogP contribution in [0.2, 0.25) is 0 Å². The molecule has 0 saturated heterocycles. The van der Waals surface area contributed by atoms with Gasteiger partial charge >= 0.3 is 0 Å². The summed E-state index contributed by atoms with van der Waals surface area (Å²) in [5.41, 5.74) is 18.7. The molecule has 11 rings (SSSR count). The van der Waals surface area contributed by atoms with E-state index in [9.17, 15) is 0 Å². The SMILES string of the molecule is C(=Cc1ccc(N(c2ccccc2)c2ccc(-n3c4ccc(-c5cccc(-c6ccccc6)c5)cc4c4cc(-c5cccc(-c6ccccc6)c5)ccc43)cc2)cc1)c1ccccc1. The van der Waals surface area contributed by atoms with Crippen LogP contribution in [0.15, 0.2) is 255 Å². The predicted molar refractivity (Wildman–Crippen MR) is 273 cm³/mol. The molecule has 1 aromatic heterocycles. The summed E-state index contributed by atoms with van der Waals surface area (Å²) < 4.78 is 2.42. The maximum absolute atomic E-state index is 2.42. The lowest BCUT2D eigenvalue weighted by molar-refractivity contribution is 1.17. The number of hydrogen-bond acceptors (Lipinski definition) is 1. The minimum Gasteiger partial charge on any atom is -0.311 e. The van der Waals surface area contributed by atoms with Crippen LogP contribution in [0, 0.1) is 0 Å². The Balaban J connectivity index is 1.01. The number of benzene rings is 10. The topological polar surface area (TPSA) is 8.17 Å². The standard InChI is InChI=1S/C62H44N2/c1-5-15-45(16-6-1)27-28-46-29-33-56(34-30-46)63(55-25-11-4-12-26-55)57-35-37-58(38-36-57)64-61-39-31-53(51-23-13-21-49(41-51)47-17-7-2-8-18-47)43-59(61)60-44-54(32-40-62(60)64)52-24-14-22-50(42-52)48-19-9-3-10-20-48/h1-44H. The monoisotopic (exact) mass is 816 g/mol. The lowest BCUT2D eigenvalue weighted by atomic mass is 9.96. The minimum atomic E-state index is 1.09. The van der Waals surface area contributed by atoms with Crippen LogP contribution in [0.25, 0.3) is 84.2 Å². The molecule has 2 nitrogen and oxygen atoms in total. The first-order valence-corrected chi connectivity index (χ1v) is 21.9. The molecule has 0 saturated carbocycles. The molecule has 0 bridgehead atoms. The van der Waals surface area contributed by atoms with E-state index >= 15 is 0 Å². The van der Waals surface area contributed by atoms with Gasteiger partial charge in [-0.05, 0) is 141 Å². The second-order valence-corrected chi connectivity index (χ2v) is 16.2. The van der Waals surface area contributed by atoms with Crippen LogP contribution in [0.3, 0.4) is 0 Å². The summed E-state index contributed by atoms with van der Waals surface area (Å²) in [7, 11) is 0. The van der Waals surface area contributed by atoms with Crippen molar-refractivity contribution in [3.63, 3.8) is 0 Å². The molecule has 0 radical (unpaired) electrons. The Kier molecular flexibility index (Phi) is 10.3. The van der Waals surface area contributed by atoms with Gasteiger partial charge in [0.05, 0.1) is 11.0 Å². The van der Waals surface area contributed by atoms with Gasteiger partial charge in [0.1, 0.15) is 0 Å². The average Bonchev–Trinajstić information content (AvgIpc) is 3.70. The fourth-order valence-corrected chi connectivity index (χ4v) is 8.94. The Morgan fingerprint density at radius 2 is 0.625 bits per heavy atom. The van der Waals surface area contributed by atoms with E-state index in [4.69, 9.17) is 0 Å². The highest BCUT2D eigenvalue weighted by molar-refractivity contribution is 6.11. The zero-order valence-electron chi connectivity index (χ0n) is 35.3. The molecule has 0 fully saturated rings. The van der Waals surface area contributed by atoms with E-state index < -0.39 is 0 Å². The number of hydrogen-bond donors (Lipinski definition) is 0. The molecule has 0 amide bonds. The summed E-state index contributed by atoms with van der Waals surface area (Å²) in [5, 5.41) is 2.44. The Bertz CT molecular complexity index is 3250. The molecule has 11 aromatic rings. The second kappa shape index (κ2) is 17.1. The van der Waals surface area contributed by atoms with Crippen LogP contribution in [0.4, 0.5) is 17.1 Å². The first-order chi connectivity index (χ1) is 31.7. The van der Waals surface area contributed by atoms with E-state index in [0.29, 0.717) is 0 Å². The van der Waals surface area contributed by atoms with E-state index in [1.165, 1.54) is 71.9 Å². The molecule has 0 spiro atoms. The van der Waals surface area contributed by atoms with Crippen LogP contribution in [-0.2, 0) is 0 Å². The third kappa shape index (κ3) is 7.70. The quantitative estimate of drug-likeness (QED) is 0.125. The van der Waals surface area contributed by atoms with Crippen LogP contribution in [0.1, 0.15) is 11.1 Å². The minimum absolute atomic E-state index is 1.09. The number of rotatable bonds is 10. The van der Waals surface area contributed by atoms with Crippen LogP contribution >= 0.6 is 0 Å². The lowest BCUT2D eigenvalue weighted by Crippen LogP contribution is -2.10. The van der Waals surface area contributed by atoms with Crippen molar-refractivity contribution in [1.82, 2.24) is 4.57 Å². The molecule has 1 heterocycles. The van der Waals surface area contributed by atoms with Gasteiger partial charge in [0.25, 0.3) is 0 Å². The summed E-state index contributed by atoms with van der Waals surface area (Å²) in [5.74, 6) is 0. The highest BCUT2D eigenvalue weighted by Gasteiger charge is 2.17. The molecule has 0 aliphatic rings. The molecule has 302 valence electrons. The van der Waals surface area contributed by atoms with Crippen LogP contribution < -0.4 is 4.90 Å². The molecular formula is C62H44N2. The van der Waals surface area contributed by atoms with E-state index in [1.807, 2.05) is 6.07 Å². The van der Waals surface area contributed by atoms with Crippen molar-refractivity contribution in [3.05, 3.63) is 266 Å². The highest BCUT2D eigenvalue weighted by Crippen LogP contribution is 2.40. The normalized spacial score (nSPS) is 11.4. The van der Waals surface area contributed by atoms with Gasteiger partial charge in [0.2, 0.25) is 0 Å². The number of anilines is 3. The van der Waals surface area contributed by atoms with Gasteiger partial charge in [0, 0.05) is 33.5 Å². The number of aromatic nitrogens is 1. The van der Waals surface area contributed by atoms with Gasteiger partial charge < -0.3 is 9.47 Å². The summed E-state index contributed by atoms with van der Waals surface area (Å²) >= 11 is 0. The maximum atomic E-state index is 2.42. The Hall–Kier alpha value is -8.46. The summed E-state index contributed by atoms with van der Waals surface area (Å²) in [6.07, 6.45) is 4.33. The van der Waals surface area contributed by atoms with Crippen LogP contribution in [-0.4, -0.2) is 4.57 Å². The molecular weight excluding hydrogens is 773 g/mol. The zero-order chi connectivity index (χ0) is 42.7. The Labute approximate surface area is 374 Å². The van der Waals surface area contributed by atoms with Gasteiger partial charge in [-0.2, -0.15) is 0 Å². The van der Waals surface area contributed by atoms with Crippen molar-refractivity contribution in [3.8, 4) is 50.2 Å². The fourth-order valence-electron chi connectivity index (χ4n) is 8.94. The summed E-state index contributed by atoms with van der Waals surface area (Å²) in [4.78, 5) is 2.33. The van der Waals surface area contributed by atoms with Crippen molar-refractivity contribution in [2.24, 2.45) is 0 Å². The van der Waals surface area contributed by atoms with Crippen molar-refractivity contribution in [1.29, 1.82) is 0 Å². The van der Waals surface area contributed by atoms with E-state index in [1.54, 1.807) is 0 Å². The summed E-state index contributed by atoms with van der Waals surface area (Å²) in [6.45, 7) is 0. The fraction of sp³-hybridized carbons (Fsp3) is 0. The van der Waals surface area contributed by atoms with Crippen LogP contribution in [0.5, 0.6) is 0 Å². The first-order valence-electron chi connectivity index (χ1n) is 21.9. The molecule has 64 heavy (non-hydrogen) atoms. The number of nitrogens with zero attached hydrogens (tertiary/aromatic N) is 2. The number of fused-ring (bicyclic) bond motifs is 3. The number of para-hydroxylation sites is 1. The van der Waals surface area contributed by atoms with Gasteiger partial charge in [-0.25, -0.2) is 0 Å². The Morgan fingerprint density at radius 1 is 0.266 bits per heavy atom. The third-order valence-corrected chi connectivity index (χ3v) is 12.2. The van der Waals surface area contributed by atoms with Gasteiger partial charge in [-0.15, -0.1) is 0 Å². The molecule has 2 heteroatoms. The summed E-state index contributed by atoms with van der Waals surface area (Å²) in [6, 6.07) is 91.8. The Morgan fingerprint density at radius 3 is 1.11 bits per heavy atom. The van der Waals surface area contributed by atoms with E-state index in [-0.39, 0.29) is 0 Å². The van der Waals surface area contributed by atoms with Crippen molar-refractivity contribution >= 4 is 51.0 Å². The third-order valence-electron chi connectivity index (χ3n) is 12.2. The predicted octanol–water partition coefficient (Wildman–Crippen LogP) is 17.1. The van der Waals surface area contributed by atoms with Gasteiger partial charge in [-0.3, -0.25) is 0 Å². The van der Waals surface area contributed by atoms with Crippen molar-refractivity contribution in [2.45, 2.75) is 0 Å². The largest absolute Gasteiger partial charge is 0.311 e. The van der Waals surface area contributed by atoms with E-state index in [2.05, 4.69) is 270 Å². The molecule has 0 atom stereocenters. The zero-order valence-corrected chi connectivity index (χ0v) is 35.3. The highest BCUT2D eigenvalue weighted by atomic mass is 15.1. The first kappa shape index (κ1) is 38.5. The van der Waals surface area contributed by atoms with Gasteiger partial charge in [0.15, 0.2) is 0 Å². The van der Waals surface area contributed by atoms with Crippen molar-refractivity contribution < 1.29 is 0 Å². The van der Waals surface area contributed by atoms with E-state index in [0.717, 1.165) is 28.3 Å². The molecule has 0 aliphatic carbocycles. The van der Waals surface area contributed by atoms with Crippen molar-refractivity contribution in [2.75, 3.05) is 4.90 Å². The lowest BCUT2D eigenvalue weighted by Gasteiger charge is -2.26. The molecule has 0 N–H and O–H groups in total. The molecule has 10 aromatic carbocycles. The average molecular weight is 817 g/mol. The second-order valence-electron chi connectivity index (χ2n) is 16.2. The smallest absolute Gasteiger partial charge is 0.0541 e. The molecule has 0 unspecified atom stereocenters. The van der Waals surface area contributed by atoms with Gasteiger partial charge in [-0.1, -0.05) is 182 Å². The maximum Gasteiger partial charge on any atom is 0.0541 e. The molecule has 0 aliphatic heterocycles.